The van der Waals surface area contributed by atoms with Crippen molar-refractivity contribution >= 4 is 29.5 Å². The van der Waals surface area contributed by atoms with Crippen LogP contribution in [-0.4, -0.2) is 129 Å². The molecule has 53 heavy (non-hydrogen) atoms. The van der Waals surface area contributed by atoms with Crippen molar-refractivity contribution in [2.24, 2.45) is 29.4 Å². The fourth-order valence-corrected chi connectivity index (χ4v) is 7.79. The third-order valence-corrected chi connectivity index (χ3v) is 10.9. The van der Waals surface area contributed by atoms with E-state index in [4.69, 9.17) is 15.2 Å². The van der Waals surface area contributed by atoms with Crippen molar-refractivity contribution in [1.29, 1.82) is 0 Å². The van der Waals surface area contributed by atoms with Crippen molar-refractivity contribution in [2.45, 2.75) is 123 Å². The van der Waals surface area contributed by atoms with Crippen molar-refractivity contribution in [2.75, 3.05) is 41.9 Å². The van der Waals surface area contributed by atoms with Gasteiger partial charge in [0.1, 0.15) is 12.1 Å². The zero-order valence-electron chi connectivity index (χ0n) is 34.3. The highest BCUT2D eigenvalue weighted by Gasteiger charge is 2.43. The van der Waals surface area contributed by atoms with Crippen molar-refractivity contribution in [3.05, 3.63) is 35.9 Å². The van der Waals surface area contributed by atoms with Gasteiger partial charge in [0.25, 0.3) is 0 Å². The van der Waals surface area contributed by atoms with Gasteiger partial charge in [-0.1, -0.05) is 85.2 Å². The van der Waals surface area contributed by atoms with Gasteiger partial charge in [0.15, 0.2) is 0 Å². The number of primary amides is 1. The Bertz CT molecular complexity index is 1330. The number of amides is 5. The van der Waals surface area contributed by atoms with Gasteiger partial charge in [-0.3, -0.25) is 28.9 Å². The van der Waals surface area contributed by atoms with Gasteiger partial charge in [0, 0.05) is 34.2 Å². The Morgan fingerprint density at radius 3 is 2.02 bits per heavy atom. The highest BCUT2D eigenvalue weighted by atomic mass is 16.5. The van der Waals surface area contributed by atoms with E-state index < -0.39 is 48.2 Å². The summed E-state index contributed by atoms with van der Waals surface area (Å²) in [6.45, 7) is 14.0. The zero-order chi connectivity index (χ0) is 40.2. The first-order valence-corrected chi connectivity index (χ1v) is 19.1. The van der Waals surface area contributed by atoms with E-state index in [2.05, 4.69) is 10.6 Å². The first-order chi connectivity index (χ1) is 24.9. The Morgan fingerprint density at radius 2 is 1.53 bits per heavy atom. The number of nitrogens with two attached hydrogens (primary N) is 1. The molecule has 13 nitrogen and oxygen atoms in total. The van der Waals surface area contributed by atoms with E-state index in [1.807, 2.05) is 90.9 Å². The number of benzene rings is 1. The molecule has 0 spiro atoms. The molecule has 1 aromatic rings. The van der Waals surface area contributed by atoms with E-state index in [1.165, 1.54) is 7.11 Å². The monoisotopic (exact) mass is 745 g/mol. The van der Waals surface area contributed by atoms with Gasteiger partial charge in [0.2, 0.25) is 29.5 Å². The number of ether oxygens (including phenoxy) is 2. The van der Waals surface area contributed by atoms with Gasteiger partial charge < -0.3 is 35.6 Å². The smallest absolute Gasteiger partial charge is 0.245 e. The number of nitrogens with zero attached hydrogens (tertiary/aromatic N) is 3. The topological polar surface area (TPSA) is 164 Å². The molecule has 13 heteroatoms. The zero-order valence-corrected chi connectivity index (χ0v) is 34.3. The Labute approximate surface area is 318 Å². The summed E-state index contributed by atoms with van der Waals surface area (Å²) in [5.41, 5.74) is 6.54. The SMILES string of the molecule is CC[C@H](C)[C@@H]([C@@H](CC(=O)N1CCC[C@H]1[C@H](OC)[C@@H](C)C(=O)NC(Cc1ccccc1)C(N)=O)OC)N(C)C(=O)[C@@H](NC(=O)[C@H](C(C)C)N(C)C)C(C)C. The number of hydrogen-bond donors (Lipinski definition) is 3. The number of rotatable bonds is 21. The molecule has 1 aromatic carbocycles. The predicted octanol–water partition coefficient (Wildman–Crippen LogP) is 2.85. The number of likely N-dealkylation sites (N-methyl/N-ethyl adjacent to an activating group) is 2. The first kappa shape index (κ1) is 45.6. The van der Waals surface area contributed by atoms with Crippen LogP contribution in [-0.2, 0) is 39.9 Å². The second-order valence-corrected chi connectivity index (χ2v) is 15.6. The highest BCUT2D eigenvalue weighted by Crippen LogP contribution is 2.30. The molecule has 1 heterocycles. The number of methoxy groups -OCH3 is 2. The van der Waals surface area contributed by atoms with Gasteiger partial charge in [-0.25, -0.2) is 0 Å². The molecule has 1 saturated heterocycles. The molecule has 1 aliphatic heterocycles. The maximum absolute atomic E-state index is 14.2. The minimum Gasteiger partial charge on any atom is -0.379 e. The van der Waals surface area contributed by atoms with E-state index in [0.717, 1.165) is 18.4 Å². The first-order valence-electron chi connectivity index (χ1n) is 19.1. The van der Waals surface area contributed by atoms with Crippen LogP contribution in [0.4, 0.5) is 0 Å². The van der Waals surface area contributed by atoms with Crippen LogP contribution in [0, 0.1) is 23.7 Å². The van der Waals surface area contributed by atoms with Crippen molar-refractivity contribution in [3.8, 4) is 0 Å². The van der Waals surface area contributed by atoms with Crippen LogP contribution >= 0.6 is 0 Å². The lowest BCUT2D eigenvalue weighted by Gasteiger charge is -2.41. The molecule has 0 bridgehead atoms. The molecule has 1 unspecified atom stereocenters. The van der Waals surface area contributed by atoms with Crippen molar-refractivity contribution in [3.63, 3.8) is 0 Å². The van der Waals surface area contributed by atoms with Crippen LogP contribution in [0.5, 0.6) is 0 Å². The van der Waals surface area contributed by atoms with Crippen molar-refractivity contribution < 1.29 is 33.4 Å². The summed E-state index contributed by atoms with van der Waals surface area (Å²) >= 11 is 0. The minimum absolute atomic E-state index is 0.00617. The average Bonchev–Trinajstić information content (AvgIpc) is 3.59. The quantitative estimate of drug-likeness (QED) is 0.173. The van der Waals surface area contributed by atoms with Crippen LogP contribution in [0.3, 0.4) is 0 Å². The van der Waals surface area contributed by atoms with Crippen LogP contribution in [0.2, 0.25) is 0 Å². The molecular formula is C40H68N6O7. The third-order valence-electron chi connectivity index (χ3n) is 10.9. The molecule has 1 aliphatic rings. The molecule has 300 valence electrons. The number of likely N-dealkylation sites (tertiary alicyclic amines) is 1. The van der Waals surface area contributed by atoms with Gasteiger partial charge in [-0.2, -0.15) is 0 Å². The molecule has 0 saturated carbocycles. The summed E-state index contributed by atoms with van der Waals surface area (Å²) in [7, 11) is 8.50. The standard InChI is InChI=1S/C40H68N6O7/c1-13-26(6)35(45(10)40(51)33(24(2)3)43-39(50)34(25(4)5)44(8)9)31(52-11)23-32(47)46-21-17-20-30(46)36(53-12)27(7)38(49)42-29(37(41)48)22-28-18-15-14-16-19-28/h14-16,18-19,24-27,29-31,33-36H,13,17,20-23H2,1-12H3,(H2,41,48)(H,42,49)(H,43,50)/t26-,27+,29?,30-,31+,33-,34-,35-,36+/m0/s1. The second kappa shape index (κ2) is 21.4. The summed E-state index contributed by atoms with van der Waals surface area (Å²) in [5.74, 6) is -2.51. The van der Waals surface area contributed by atoms with Gasteiger partial charge >= 0.3 is 0 Å². The van der Waals surface area contributed by atoms with Crippen LogP contribution < -0.4 is 16.4 Å². The second-order valence-electron chi connectivity index (χ2n) is 15.6. The predicted molar refractivity (Wildman–Crippen MR) is 206 cm³/mol. The third kappa shape index (κ3) is 12.2. The van der Waals surface area contributed by atoms with E-state index in [-0.39, 0.29) is 60.3 Å². The fourth-order valence-electron chi connectivity index (χ4n) is 7.79. The lowest BCUT2D eigenvalue weighted by Crippen LogP contribution is -2.59. The lowest BCUT2D eigenvalue weighted by molar-refractivity contribution is -0.148. The lowest BCUT2D eigenvalue weighted by atomic mass is 9.89. The Kier molecular flexibility index (Phi) is 18.4. The van der Waals surface area contributed by atoms with E-state index in [1.54, 1.807) is 30.9 Å². The van der Waals surface area contributed by atoms with E-state index in [0.29, 0.717) is 13.0 Å². The summed E-state index contributed by atoms with van der Waals surface area (Å²) in [5, 5.41) is 5.84. The molecule has 9 atom stereocenters. The van der Waals surface area contributed by atoms with E-state index >= 15 is 0 Å². The van der Waals surface area contributed by atoms with Crippen molar-refractivity contribution in [1.82, 2.24) is 25.3 Å². The Morgan fingerprint density at radius 1 is 0.906 bits per heavy atom. The van der Waals surface area contributed by atoms with Gasteiger partial charge in [-0.15, -0.1) is 0 Å². The molecule has 0 aromatic heterocycles. The highest BCUT2D eigenvalue weighted by molar-refractivity contribution is 5.90. The summed E-state index contributed by atoms with van der Waals surface area (Å²) in [6.07, 6.45) is 1.07. The molecule has 1 fully saturated rings. The van der Waals surface area contributed by atoms with E-state index in [9.17, 15) is 24.0 Å². The maximum atomic E-state index is 14.2. The number of carbonyl (C=O) groups is 5. The molecule has 2 rings (SSSR count). The number of carbonyl (C=O) groups excluding carboxylic acids is 5. The molecule has 5 amide bonds. The molecule has 0 radical (unpaired) electrons. The largest absolute Gasteiger partial charge is 0.379 e. The summed E-state index contributed by atoms with van der Waals surface area (Å²) in [6, 6.07) is 6.40. The van der Waals surface area contributed by atoms with Crippen LogP contribution in [0.15, 0.2) is 30.3 Å². The van der Waals surface area contributed by atoms with Gasteiger partial charge in [-0.05, 0) is 50.3 Å². The molecular weight excluding hydrogens is 676 g/mol. The normalized spacial score (nSPS) is 19.2. The number of nitrogens with one attached hydrogen (secondary N) is 2. The Hall–Kier alpha value is -3.55. The van der Waals surface area contributed by atoms with Crippen LogP contribution in [0.1, 0.15) is 79.7 Å². The average molecular weight is 745 g/mol. The van der Waals surface area contributed by atoms with Gasteiger partial charge in [0.05, 0.1) is 42.7 Å². The fraction of sp³-hybridized carbons (Fsp3) is 0.725. The van der Waals surface area contributed by atoms with Crippen LogP contribution in [0.25, 0.3) is 0 Å². The summed E-state index contributed by atoms with van der Waals surface area (Å²) < 4.78 is 11.9. The summed E-state index contributed by atoms with van der Waals surface area (Å²) in [4.78, 5) is 72.9. The molecule has 4 N–H and O–H groups in total. The maximum Gasteiger partial charge on any atom is 0.245 e. The number of hydrogen-bond acceptors (Lipinski definition) is 8. The minimum atomic E-state index is -0.904. The Balaban J connectivity index is 2.27. The molecule has 0 aliphatic carbocycles.